The first-order valence-electron chi connectivity index (χ1n) is 11.4. The van der Waals surface area contributed by atoms with E-state index in [1.54, 1.807) is 0 Å². The van der Waals surface area contributed by atoms with E-state index in [0.29, 0.717) is 0 Å². The molecule has 1 aromatic carbocycles. The van der Waals surface area contributed by atoms with Crippen LogP contribution < -0.4 is 11.1 Å². The van der Waals surface area contributed by atoms with Crippen molar-refractivity contribution in [3.63, 3.8) is 0 Å². The first-order chi connectivity index (χ1) is 13.2. The Hall–Kier alpha value is -1.51. The summed E-state index contributed by atoms with van der Waals surface area (Å²) in [7, 11) is 0. The summed E-state index contributed by atoms with van der Waals surface area (Å²) < 4.78 is 0. The summed E-state index contributed by atoms with van der Waals surface area (Å²) in [6.45, 7) is 2.28. The molecule has 27 heavy (non-hydrogen) atoms. The van der Waals surface area contributed by atoms with Gasteiger partial charge in [-0.25, -0.2) is 4.79 Å². The Morgan fingerprint density at radius 3 is 1.52 bits per heavy atom. The molecule has 0 aliphatic heterocycles. The molecule has 0 saturated heterocycles. The molecule has 0 aromatic heterocycles. The maximum Gasteiger partial charge on any atom is 0.316 e. The van der Waals surface area contributed by atoms with E-state index in [4.69, 9.17) is 5.73 Å². The molecule has 3 N–H and O–H groups in total. The van der Waals surface area contributed by atoms with Gasteiger partial charge in [-0.05, 0) is 30.5 Å². The Kier molecular flexibility index (Phi) is 14.5. The van der Waals surface area contributed by atoms with Crippen LogP contribution in [0.1, 0.15) is 109 Å². The van der Waals surface area contributed by atoms with Crippen LogP contribution in [0.5, 0.6) is 0 Å². The van der Waals surface area contributed by atoms with Gasteiger partial charge in [-0.3, -0.25) is 0 Å². The Morgan fingerprint density at radius 2 is 1.11 bits per heavy atom. The van der Waals surface area contributed by atoms with Gasteiger partial charge in [-0.2, -0.15) is 0 Å². The van der Waals surface area contributed by atoms with Crippen LogP contribution in [0.2, 0.25) is 0 Å². The highest BCUT2D eigenvalue weighted by atomic mass is 16.2. The lowest BCUT2D eigenvalue weighted by Crippen LogP contribution is -2.19. The molecular weight excluding hydrogens is 332 g/mol. The largest absolute Gasteiger partial charge is 0.351 e. The number of nitrogens with one attached hydrogen (secondary N) is 1. The Balaban J connectivity index is 1.84. The van der Waals surface area contributed by atoms with Gasteiger partial charge in [0, 0.05) is 5.69 Å². The molecule has 0 fully saturated rings. The fourth-order valence-electron chi connectivity index (χ4n) is 3.60. The van der Waals surface area contributed by atoms with E-state index in [2.05, 4.69) is 24.4 Å². The van der Waals surface area contributed by atoms with Gasteiger partial charge in [-0.15, -0.1) is 0 Å². The molecule has 3 heteroatoms. The number of rotatable bonds is 17. The molecule has 0 radical (unpaired) electrons. The van der Waals surface area contributed by atoms with Crippen molar-refractivity contribution in [2.24, 2.45) is 5.73 Å². The second-order valence-corrected chi connectivity index (χ2v) is 7.89. The maximum atomic E-state index is 10.8. The Labute approximate surface area is 167 Å². The van der Waals surface area contributed by atoms with Gasteiger partial charge in [0.05, 0.1) is 0 Å². The third-order valence-corrected chi connectivity index (χ3v) is 5.29. The number of unbranched alkanes of at least 4 members (excludes halogenated alkanes) is 14. The van der Waals surface area contributed by atoms with Crippen molar-refractivity contribution in [3.05, 3.63) is 29.8 Å². The first kappa shape index (κ1) is 23.5. The van der Waals surface area contributed by atoms with Crippen LogP contribution in [0, 0.1) is 0 Å². The van der Waals surface area contributed by atoms with Crippen molar-refractivity contribution in [1.29, 1.82) is 0 Å². The van der Waals surface area contributed by atoms with E-state index in [-0.39, 0.29) is 0 Å². The number of carbonyl (C=O) groups excluding carboxylic acids is 1. The van der Waals surface area contributed by atoms with Crippen molar-refractivity contribution in [2.75, 3.05) is 5.32 Å². The van der Waals surface area contributed by atoms with Gasteiger partial charge >= 0.3 is 6.03 Å². The highest BCUT2D eigenvalue weighted by Gasteiger charge is 1.98. The molecule has 0 saturated carbocycles. The lowest BCUT2D eigenvalue weighted by Gasteiger charge is -2.05. The van der Waals surface area contributed by atoms with Gasteiger partial charge in [-0.1, -0.05) is 109 Å². The van der Waals surface area contributed by atoms with E-state index in [9.17, 15) is 4.79 Å². The molecule has 2 amide bonds. The van der Waals surface area contributed by atoms with Crippen LogP contribution in [0.4, 0.5) is 10.5 Å². The lowest BCUT2D eigenvalue weighted by atomic mass is 10.0. The van der Waals surface area contributed by atoms with E-state index in [0.717, 1.165) is 12.1 Å². The van der Waals surface area contributed by atoms with Crippen LogP contribution in [0.15, 0.2) is 24.3 Å². The quantitative estimate of drug-likeness (QED) is 0.271. The van der Waals surface area contributed by atoms with Crippen molar-refractivity contribution in [3.8, 4) is 0 Å². The summed E-state index contributed by atoms with van der Waals surface area (Å²) in [5.41, 5.74) is 7.21. The van der Waals surface area contributed by atoms with E-state index >= 15 is 0 Å². The average Bonchev–Trinajstić information content (AvgIpc) is 2.66. The van der Waals surface area contributed by atoms with Gasteiger partial charge in [0.25, 0.3) is 0 Å². The number of amides is 2. The molecule has 0 bridgehead atoms. The third-order valence-electron chi connectivity index (χ3n) is 5.29. The SMILES string of the molecule is CCCCCCCCCCCCCCCCCc1ccc(NC(N)=O)cc1. The second-order valence-electron chi connectivity index (χ2n) is 7.89. The lowest BCUT2D eigenvalue weighted by molar-refractivity contribution is 0.259. The summed E-state index contributed by atoms with van der Waals surface area (Å²) >= 11 is 0. The van der Waals surface area contributed by atoms with Crippen LogP contribution >= 0.6 is 0 Å². The second kappa shape index (κ2) is 16.6. The predicted octanol–water partition coefficient (Wildman–Crippen LogP) is 7.59. The Bertz CT molecular complexity index is 470. The van der Waals surface area contributed by atoms with E-state index in [1.807, 2.05) is 12.1 Å². The van der Waals surface area contributed by atoms with Crippen LogP contribution in [0.25, 0.3) is 0 Å². The molecule has 0 atom stereocenters. The smallest absolute Gasteiger partial charge is 0.316 e. The monoisotopic (exact) mass is 374 g/mol. The van der Waals surface area contributed by atoms with Crippen molar-refractivity contribution < 1.29 is 4.79 Å². The van der Waals surface area contributed by atoms with Crippen LogP contribution in [0.3, 0.4) is 0 Å². The number of carbonyl (C=O) groups is 1. The summed E-state index contributed by atoms with van der Waals surface area (Å²) in [5, 5.41) is 2.59. The van der Waals surface area contributed by atoms with Crippen molar-refractivity contribution >= 4 is 11.7 Å². The predicted molar refractivity (Wildman–Crippen MR) is 118 cm³/mol. The fourth-order valence-corrected chi connectivity index (χ4v) is 3.60. The van der Waals surface area contributed by atoms with Gasteiger partial charge in [0.2, 0.25) is 0 Å². The van der Waals surface area contributed by atoms with Gasteiger partial charge in [0.1, 0.15) is 0 Å². The van der Waals surface area contributed by atoms with Crippen molar-refractivity contribution in [2.45, 2.75) is 110 Å². The molecule has 0 aliphatic carbocycles. The molecular formula is C24H42N2O. The average molecular weight is 375 g/mol. The van der Waals surface area contributed by atoms with Crippen LogP contribution in [-0.2, 0) is 6.42 Å². The normalized spacial score (nSPS) is 10.9. The first-order valence-corrected chi connectivity index (χ1v) is 11.4. The molecule has 3 nitrogen and oxygen atoms in total. The molecule has 0 heterocycles. The minimum absolute atomic E-state index is 0.509. The maximum absolute atomic E-state index is 10.8. The number of hydrogen-bond donors (Lipinski definition) is 2. The van der Waals surface area contributed by atoms with E-state index in [1.165, 1.54) is 102 Å². The zero-order valence-electron chi connectivity index (χ0n) is 17.6. The van der Waals surface area contributed by atoms with Gasteiger partial charge < -0.3 is 11.1 Å². The standard InChI is InChI=1S/C24H42N2O/c1-2-3-4-5-6-7-8-9-10-11-12-13-14-15-16-17-22-18-20-23(21-19-22)26-24(25)27/h18-21H,2-17H2,1H3,(H3,25,26,27). The van der Waals surface area contributed by atoms with Gasteiger partial charge in [0.15, 0.2) is 0 Å². The topological polar surface area (TPSA) is 55.1 Å². The summed E-state index contributed by atoms with van der Waals surface area (Å²) in [5.74, 6) is 0. The highest BCUT2D eigenvalue weighted by molar-refractivity contribution is 5.87. The molecule has 0 spiro atoms. The number of anilines is 1. The number of primary amides is 1. The summed E-state index contributed by atoms with van der Waals surface area (Å²) in [4.78, 5) is 10.8. The third kappa shape index (κ3) is 14.2. The minimum atomic E-state index is -0.509. The summed E-state index contributed by atoms with van der Waals surface area (Å²) in [6.07, 6.45) is 22.1. The fraction of sp³-hybridized carbons (Fsp3) is 0.708. The molecule has 1 rings (SSSR count). The summed E-state index contributed by atoms with van der Waals surface area (Å²) in [6, 6.07) is 7.49. The number of hydrogen-bond acceptors (Lipinski definition) is 1. The molecule has 0 unspecified atom stereocenters. The zero-order chi connectivity index (χ0) is 19.6. The number of benzene rings is 1. The number of nitrogens with two attached hydrogens (primary N) is 1. The van der Waals surface area contributed by atoms with Crippen molar-refractivity contribution in [1.82, 2.24) is 0 Å². The zero-order valence-corrected chi connectivity index (χ0v) is 17.6. The van der Waals surface area contributed by atoms with E-state index < -0.39 is 6.03 Å². The number of urea groups is 1. The van der Waals surface area contributed by atoms with Crippen LogP contribution in [-0.4, -0.2) is 6.03 Å². The number of aryl methyl sites for hydroxylation is 1. The minimum Gasteiger partial charge on any atom is -0.351 e. The molecule has 0 aliphatic rings. The Morgan fingerprint density at radius 1 is 0.704 bits per heavy atom. The molecule has 154 valence electrons. The highest BCUT2D eigenvalue weighted by Crippen LogP contribution is 2.15. The molecule has 1 aromatic rings.